The molecule has 0 fully saturated rings. The van der Waals surface area contributed by atoms with Crippen molar-refractivity contribution < 1.29 is 9.72 Å². The first-order valence-corrected chi connectivity index (χ1v) is 8.11. The molecule has 26 heavy (non-hydrogen) atoms. The van der Waals surface area contributed by atoms with Crippen molar-refractivity contribution in [3.63, 3.8) is 0 Å². The van der Waals surface area contributed by atoms with E-state index in [0.29, 0.717) is 11.3 Å². The lowest BCUT2D eigenvalue weighted by Crippen LogP contribution is -2.08. The van der Waals surface area contributed by atoms with E-state index in [1.807, 2.05) is 25.1 Å². The number of amides is 1. The minimum atomic E-state index is -0.564. The molecule has 0 aliphatic rings. The Hall–Kier alpha value is -3.25. The van der Waals surface area contributed by atoms with E-state index in [1.54, 1.807) is 18.3 Å². The minimum absolute atomic E-state index is 0.0511. The van der Waals surface area contributed by atoms with Crippen LogP contribution in [-0.4, -0.2) is 15.8 Å². The Kier molecular flexibility index (Phi) is 4.95. The largest absolute Gasteiger partial charge is 0.322 e. The van der Waals surface area contributed by atoms with Crippen molar-refractivity contribution in [3.05, 3.63) is 81.0 Å². The van der Waals surface area contributed by atoms with E-state index in [2.05, 4.69) is 10.3 Å². The molecule has 0 radical (unpaired) electrons. The van der Waals surface area contributed by atoms with Crippen LogP contribution in [0.4, 0.5) is 11.4 Å². The Morgan fingerprint density at radius 2 is 2.08 bits per heavy atom. The molecule has 6 nitrogen and oxygen atoms in total. The molecule has 1 aromatic heterocycles. The average molecular weight is 368 g/mol. The summed E-state index contributed by atoms with van der Waals surface area (Å²) in [6.07, 6.45) is 4.51. The summed E-state index contributed by atoms with van der Waals surface area (Å²) in [5.74, 6) is -0.350. The van der Waals surface area contributed by atoms with Gasteiger partial charge in [0, 0.05) is 23.7 Å². The lowest BCUT2D eigenvalue weighted by Gasteiger charge is -2.08. The van der Waals surface area contributed by atoms with Gasteiger partial charge in [-0.2, -0.15) is 0 Å². The first-order valence-electron chi connectivity index (χ1n) is 7.73. The smallest absolute Gasteiger partial charge is 0.288 e. The van der Waals surface area contributed by atoms with Gasteiger partial charge in [0.25, 0.3) is 5.69 Å². The van der Waals surface area contributed by atoms with Crippen LogP contribution in [0.3, 0.4) is 0 Å². The molecule has 3 rings (SSSR count). The molecule has 0 saturated carbocycles. The van der Waals surface area contributed by atoms with Gasteiger partial charge < -0.3 is 5.32 Å². The van der Waals surface area contributed by atoms with Crippen LogP contribution in [0, 0.1) is 17.0 Å². The third-order valence-electron chi connectivity index (χ3n) is 3.82. The van der Waals surface area contributed by atoms with Gasteiger partial charge in [-0.25, -0.2) is 0 Å². The second kappa shape index (κ2) is 7.33. The highest BCUT2D eigenvalue weighted by molar-refractivity contribution is 6.32. The lowest BCUT2D eigenvalue weighted by atomic mass is 10.1. The van der Waals surface area contributed by atoms with Crippen LogP contribution in [0.2, 0.25) is 5.02 Å². The summed E-state index contributed by atoms with van der Waals surface area (Å²) in [5, 5.41) is 14.6. The molecule has 0 bridgehead atoms. The highest BCUT2D eigenvalue weighted by atomic mass is 35.5. The standard InChI is InChI=1S/C19H14ClN3O3/c1-12-4-8-16(14-3-2-10-21-19(12)14)22-18(24)9-6-13-5-7-15(20)17(11-13)23(25)26/h2-11H,1H3,(H,22,24)/b9-6+. The fraction of sp³-hybridized carbons (Fsp3) is 0.0526. The Balaban J connectivity index is 1.82. The molecule has 0 atom stereocenters. The molecule has 0 aliphatic carbocycles. The second-order valence-corrected chi connectivity index (χ2v) is 6.03. The molecule has 7 heteroatoms. The molecular weight excluding hydrogens is 354 g/mol. The normalized spacial score (nSPS) is 11.0. The van der Waals surface area contributed by atoms with Crippen LogP contribution >= 0.6 is 11.6 Å². The predicted molar refractivity (Wildman–Crippen MR) is 102 cm³/mol. The topological polar surface area (TPSA) is 85.1 Å². The second-order valence-electron chi connectivity index (χ2n) is 5.62. The number of nitrogens with one attached hydrogen (secondary N) is 1. The molecule has 0 saturated heterocycles. The number of anilines is 1. The number of nitro groups is 1. The van der Waals surface area contributed by atoms with Gasteiger partial charge >= 0.3 is 0 Å². The van der Waals surface area contributed by atoms with E-state index in [-0.39, 0.29) is 16.6 Å². The van der Waals surface area contributed by atoms with E-state index in [0.717, 1.165) is 16.5 Å². The summed E-state index contributed by atoms with van der Waals surface area (Å²) in [6, 6.07) is 11.7. The van der Waals surface area contributed by atoms with Crippen molar-refractivity contribution in [2.75, 3.05) is 5.32 Å². The SMILES string of the molecule is Cc1ccc(NC(=O)/C=C/c2ccc(Cl)c([N+](=O)[O-])c2)c2cccnc12. The molecule has 0 spiro atoms. The Labute approximate surface area is 154 Å². The summed E-state index contributed by atoms with van der Waals surface area (Å²) in [7, 11) is 0. The van der Waals surface area contributed by atoms with E-state index < -0.39 is 4.92 Å². The van der Waals surface area contributed by atoms with E-state index in [1.165, 1.54) is 24.3 Å². The first kappa shape index (κ1) is 17.6. The number of nitrogens with zero attached hydrogens (tertiary/aromatic N) is 2. The number of hydrogen-bond donors (Lipinski definition) is 1. The molecule has 1 heterocycles. The third kappa shape index (κ3) is 3.70. The van der Waals surface area contributed by atoms with Crippen molar-refractivity contribution in [2.45, 2.75) is 6.92 Å². The van der Waals surface area contributed by atoms with Crippen LogP contribution < -0.4 is 5.32 Å². The molecule has 1 amide bonds. The fourth-order valence-corrected chi connectivity index (χ4v) is 2.73. The maximum atomic E-state index is 12.2. The van der Waals surface area contributed by atoms with Gasteiger partial charge in [0.2, 0.25) is 5.91 Å². The molecule has 0 aliphatic heterocycles. The van der Waals surface area contributed by atoms with Crippen molar-refractivity contribution >= 4 is 45.9 Å². The number of pyridine rings is 1. The minimum Gasteiger partial charge on any atom is -0.322 e. The van der Waals surface area contributed by atoms with Gasteiger partial charge in [-0.1, -0.05) is 23.7 Å². The van der Waals surface area contributed by atoms with E-state index >= 15 is 0 Å². The zero-order valence-corrected chi connectivity index (χ0v) is 14.5. The fourth-order valence-electron chi connectivity index (χ4n) is 2.54. The first-order chi connectivity index (χ1) is 12.5. The third-order valence-corrected chi connectivity index (χ3v) is 4.14. The van der Waals surface area contributed by atoms with Gasteiger partial charge in [0.05, 0.1) is 16.1 Å². The zero-order chi connectivity index (χ0) is 18.7. The Bertz CT molecular complexity index is 1050. The molecular formula is C19H14ClN3O3. The number of aromatic nitrogens is 1. The van der Waals surface area contributed by atoms with Crippen molar-refractivity contribution in [2.24, 2.45) is 0 Å². The van der Waals surface area contributed by atoms with Gasteiger partial charge in [0.1, 0.15) is 5.02 Å². The molecule has 0 unspecified atom stereocenters. The summed E-state index contributed by atoms with van der Waals surface area (Å²) >= 11 is 5.78. The zero-order valence-electron chi connectivity index (χ0n) is 13.8. The lowest BCUT2D eigenvalue weighted by molar-refractivity contribution is -0.384. The van der Waals surface area contributed by atoms with Gasteiger partial charge in [0.15, 0.2) is 0 Å². The highest BCUT2D eigenvalue weighted by Gasteiger charge is 2.12. The molecule has 3 aromatic rings. The van der Waals surface area contributed by atoms with Crippen LogP contribution in [-0.2, 0) is 4.79 Å². The van der Waals surface area contributed by atoms with Gasteiger partial charge in [-0.05, 0) is 48.4 Å². The predicted octanol–water partition coefficient (Wildman–Crippen LogP) is 4.76. The Morgan fingerprint density at radius 3 is 2.85 bits per heavy atom. The number of nitro benzene ring substituents is 1. The quantitative estimate of drug-likeness (QED) is 0.409. The number of fused-ring (bicyclic) bond motifs is 1. The summed E-state index contributed by atoms with van der Waals surface area (Å²) in [6.45, 7) is 1.95. The number of rotatable bonds is 4. The van der Waals surface area contributed by atoms with Crippen molar-refractivity contribution in [1.82, 2.24) is 4.98 Å². The number of aryl methyl sites for hydroxylation is 1. The number of halogens is 1. The summed E-state index contributed by atoms with van der Waals surface area (Å²) in [4.78, 5) is 26.9. The maximum absolute atomic E-state index is 12.2. The average Bonchev–Trinajstić information content (AvgIpc) is 2.63. The van der Waals surface area contributed by atoms with Crippen molar-refractivity contribution in [1.29, 1.82) is 0 Å². The van der Waals surface area contributed by atoms with Gasteiger partial charge in [-0.15, -0.1) is 0 Å². The maximum Gasteiger partial charge on any atom is 0.288 e. The number of hydrogen-bond acceptors (Lipinski definition) is 4. The molecule has 130 valence electrons. The van der Waals surface area contributed by atoms with Crippen LogP contribution in [0.5, 0.6) is 0 Å². The number of benzene rings is 2. The van der Waals surface area contributed by atoms with Crippen molar-refractivity contribution in [3.8, 4) is 0 Å². The van der Waals surface area contributed by atoms with Gasteiger partial charge in [-0.3, -0.25) is 19.9 Å². The van der Waals surface area contributed by atoms with Crippen LogP contribution in [0.25, 0.3) is 17.0 Å². The summed E-state index contributed by atoms with van der Waals surface area (Å²) in [5.41, 5.74) is 2.79. The molecule has 1 N–H and O–H groups in total. The van der Waals surface area contributed by atoms with Crippen LogP contribution in [0.1, 0.15) is 11.1 Å². The Morgan fingerprint density at radius 1 is 1.27 bits per heavy atom. The molecule has 2 aromatic carbocycles. The number of carbonyl (C=O) groups excluding carboxylic acids is 1. The highest BCUT2D eigenvalue weighted by Crippen LogP contribution is 2.26. The van der Waals surface area contributed by atoms with E-state index in [9.17, 15) is 14.9 Å². The number of carbonyl (C=O) groups is 1. The van der Waals surface area contributed by atoms with E-state index in [4.69, 9.17) is 11.6 Å². The summed E-state index contributed by atoms with van der Waals surface area (Å²) < 4.78 is 0. The monoisotopic (exact) mass is 367 g/mol. The van der Waals surface area contributed by atoms with Crippen LogP contribution in [0.15, 0.2) is 54.7 Å².